The minimum Gasteiger partial charge on any atom is -0.380 e. The number of alkyl halides is 3. The van der Waals surface area contributed by atoms with E-state index in [1.807, 2.05) is 0 Å². The number of halogens is 3. The Morgan fingerprint density at radius 1 is 1.42 bits per heavy atom. The molecule has 5 heteroatoms. The lowest BCUT2D eigenvalue weighted by atomic mass is 9.90. The van der Waals surface area contributed by atoms with Crippen LogP contribution in [0.4, 0.5) is 13.2 Å². The van der Waals surface area contributed by atoms with E-state index in [2.05, 4.69) is 4.74 Å². The summed E-state index contributed by atoms with van der Waals surface area (Å²) in [5, 5.41) is 0. The monoisotopic (exact) mass is 184 g/mol. The van der Waals surface area contributed by atoms with Gasteiger partial charge in [-0.3, -0.25) is 0 Å². The summed E-state index contributed by atoms with van der Waals surface area (Å²) in [5.74, 6) is 0. The molecule has 2 nitrogen and oxygen atoms in total. The summed E-state index contributed by atoms with van der Waals surface area (Å²) in [4.78, 5) is 0. The van der Waals surface area contributed by atoms with Crippen molar-refractivity contribution < 1.29 is 22.6 Å². The van der Waals surface area contributed by atoms with Crippen molar-refractivity contribution >= 4 is 0 Å². The number of ether oxygens (including phenoxy) is 2. The summed E-state index contributed by atoms with van der Waals surface area (Å²) in [5.41, 5.74) is -0.279. The topological polar surface area (TPSA) is 18.5 Å². The predicted octanol–water partition coefficient (Wildman–Crippen LogP) is 1.60. The van der Waals surface area contributed by atoms with Crippen molar-refractivity contribution in [3.63, 3.8) is 0 Å². The molecule has 1 aliphatic rings. The lowest BCUT2D eigenvalue weighted by Crippen LogP contribution is -2.44. The van der Waals surface area contributed by atoms with Gasteiger partial charge in [0.15, 0.2) is 0 Å². The summed E-state index contributed by atoms with van der Waals surface area (Å²) in [6.45, 7) is 2.68. The molecular weight excluding hydrogens is 173 g/mol. The Kier molecular flexibility index (Phi) is 2.95. The summed E-state index contributed by atoms with van der Waals surface area (Å²) in [6, 6.07) is 0. The van der Waals surface area contributed by atoms with E-state index in [0.717, 1.165) is 0 Å². The van der Waals surface area contributed by atoms with Crippen LogP contribution in [-0.2, 0) is 9.47 Å². The highest BCUT2D eigenvalue weighted by Crippen LogP contribution is 2.27. The van der Waals surface area contributed by atoms with E-state index in [1.165, 1.54) is 0 Å². The maximum Gasteiger partial charge on any atom is 0.293 e. The Bertz CT molecular complexity index is 148. The van der Waals surface area contributed by atoms with Crippen LogP contribution in [0.1, 0.15) is 6.92 Å². The van der Waals surface area contributed by atoms with E-state index in [4.69, 9.17) is 4.74 Å². The van der Waals surface area contributed by atoms with Crippen LogP contribution in [0.5, 0.6) is 0 Å². The summed E-state index contributed by atoms with van der Waals surface area (Å²) < 4.78 is 44.5. The Morgan fingerprint density at radius 2 is 2.00 bits per heavy atom. The molecule has 1 heterocycles. The van der Waals surface area contributed by atoms with Gasteiger partial charge in [0.05, 0.1) is 19.8 Å². The molecule has 0 spiro atoms. The molecule has 0 aromatic carbocycles. The van der Waals surface area contributed by atoms with E-state index in [0.29, 0.717) is 13.2 Å². The van der Waals surface area contributed by atoms with E-state index in [1.54, 1.807) is 6.92 Å². The fourth-order valence-electron chi connectivity index (χ4n) is 0.887. The molecule has 1 atom stereocenters. The van der Waals surface area contributed by atoms with Crippen LogP contribution in [0.25, 0.3) is 0 Å². The van der Waals surface area contributed by atoms with E-state index >= 15 is 0 Å². The zero-order chi connectivity index (χ0) is 9.19. The van der Waals surface area contributed by atoms with Crippen molar-refractivity contribution in [2.24, 2.45) is 5.41 Å². The third kappa shape index (κ3) is 2.35. The van der Waals surface area contributed by atoms with E-state index in [-0.39, 0.29) is 12.0 Å². The Morgan fingerprint density at radius 3 is 2.33 bits per heavy atom. The normalized spacial score (nSPS) is 23.8. The smallest absolute Gasteiger partial charge is 0.293 e. The molecule has 72 valence electrons. The molecule has 0 bridgehead atoms. The molecule has 0 radical (unpaired) electrons. The quantitative estimate of drug-likeness (QED) is 0.660. The largest absolute Gasteiger partial charge is 0.380 e. The van der Waals surface area contributed by atoms with E-state index in [9.17, 15) is 13.2 Å². The third-order valence-corrected chi connectivity index (χ3v) is 1.69. The molecule has 12 heavy (non-hydrogen) atoms. The molecule has 0 aromatic rings. The van der Waals surface area contributed by atoms with Crippen LogP contribution < -0.4 is 0 Å². The van der Waals surface area contributed by atoms with E-state index < -0.39 is 12.8 Å². The molecular formula is C7H11F3O2. The van der Waals surface area contributed by atoms with Gasteiger partial charge >= 0.3 is 0 Å². The second-order valence-corrected chi connectivity index (χ2v) is 3.30. The van der Waals surface area contributed by atoms with Gasteiger partial charge in [-0.25, -0.2) is 13.2 Å². The maximum absolute atomic E-state index is 12.2. The minimum absolute atomic E-state index is 0.0154. The van der Waals surface area contributed by atoms with Gasteiger partial charge in [-0.1, -0.05) is 6.92 Å². The van der Waals surface area contributed by atoms with Crippen molar-refractivity contribution in [2.45, 2.75) is 19.7 Å². The van der Waals surface area contributed by atoms with Crippen LogP contribution in [0, 0.1) is 5.41 Å². The second kappa shape index (κ2) is 3.62. The van der Waals surface area contributed by atoms with Crippen LogP contribution in [0.2, 0.25) is 0 Å². The standard InChI is InChI=1S/C7H11F3O2/c1-7(2-11-3-7)4-12-6(10)5(8)9/h5-6H,2-4H2,1H3. The molecule has 0 aromatic heterocycles. The summed E-state index contributed by atoms with van der Waals surface area (Å²) >= 11 is 0. The minimum atomic E-state index is -3.06. The highest BCUT2D eigenvalue weighted by Gasteiger charge is 2.35. The van der Waals surface area contributed by atoms with Gasteiger partial charge in [0, 0.05) is 5.41 Å². The van der Waals surface area contributed by atoms with Crippen molar-refractivity contribution in [3.8, 4) is 0 Å². The predicted molar refractivity (Wildman–Crippen MR) is 35.8 cm³/mol. The molecule has 0 amide bonds. The molecule has 0 aliphatic carbocycles. The van der Waals surface area contributed by atoms with Gasteiger partial charge in [-0.05, 0) is 0 Å². The SMILES string of the molecule is CC1(COC(F)C(F)F)COC1. The summed E-state index contributed by atoms with van der Waals surface area (Å²) in [6.07, 6.45) is -5.53. The van der Waals surface area contributed by atoms with Crippen molar-refractivity contribution in [1.29, 1.82) is 0 Å². The average Bonchev–Trinajstić information content (AvgIpc) is 1.96. The fraction of sp³-hybridized carbons (Fsp3) is 1.00. The van der Waals surface area contributed by atoms with Gasteiger partial charge in [0.1, 0.15) is 0 Å². The lowest BCUT2D eigenvalue weighted by Gasteiger charge is -2.37. The molecule has 0 saturated carbocycles. The molecule has 1 saturated heterocycles. The lowest BCUT2D eigenvalue weighted by molar-refractivity contribution is -0.193. The Labute approximate surface area is 68.6 Å². The van der Waals surface area contributed by atoms with Gasteiger partial charge in [0.2, 0.25) is 0 Å². The molecule has 1 unspecified atom stereocenters. The summed E-state index contributed by atoms with van der Waals surface area (Å²) in [7, 11) is 0. The van der Waals surface area contributed by atoms with Gasteiger partial charge < -0.3 is 9.47 Å². The Hall–Kier alpha value is -0.290. The highest BCUT2D eigenvalue weighted by atomic mass is 19.3. The Balaban J connectivity index is 2.16. The first-order valence-corrected chi connectivity index (χ1v) is 3.65. The third-order valence-electron chi connectivity index (χ3n) is 1.69. The number of hydrogen-bond acceptors (Lipinski definition) is 2. The van der Waals surface area contributed by atoms with Crippen molar-refractivity contribution in [2.75, 3.05) is 19.8 Å². The molecule has 1 rings (SSSR count). The molecule has 1 aliphatic heterocycles. The molecule has 1 fully saturated rings. The van der Waals surface area contributed by atoms with Gasteiger partial charge in [-0.15, -0.1) is 0 Å². The number of hydrogen-bond donors (Lipinski definition) is 0. The first-order chi connectivity index (χ1) is 5.53. The zero-order valence-electron chi connectivity index (χ0n) is 6.73. The maximum atomic E-state index is 12.2. The van der Waals surface area contributed by atoms with Crippen LogP contribution >= 0.6 is 0 Å². The average molecular weight is 184 g/mol. The highest BCUT2D eigenvalue weighted by molar-refractivity contribution is 4.80. The van der Waals surface area contributed by atoms with Gasteiger partial charge in [0.25, 0.3) is 12.8 Å². The first-order valence-electron chi connectivity index (χ1n) is 3.65. The first kappa shape index (κ1) is 9.80. The second-order valence-electron chi connectivity index (χ2n) is 3.30. The fourth-order valence-corrected chi connectivity index (χ4v) is 0.887. The van der Waals surface area contributed by atoms with Crippen LogP contribution in [0.3, 0.4) is 0 Å². The number of rotatable bonds is 4. The van der Waals surface area contributed by atoms with Crippen LogP contribution in [0.15, 0.2) is 0 Å². The van der Waals surface area contributed by atoms with Crippen molar-refractivity contribution in [3.05, 3.63) is 0 Å². The molecule has 0 N–H and O–H groups in total. The van der Waals surface area contributed by atoms with Crippen molar-refractivity contribution in [1.82, 2.24) is 0 Å². The zero-order valence-corrected chi connectivity index (χ0v) is 6.73. The van der Waals surface area contributed by atoms with Gasteiger partial charge in [-0.2, -0.15) is 0 Å². The van der Waals surface area contributed by atoms with Crippen LogP contribution in [-0.4, -0.2) is 32.6 Å².